The molecule has 0 aromatic rings. The summed E-state index contributed by atoms with van der Waals surface area (Å²) in [6, 6.07) is 1.50. The van der Waals surface area contributed by atoms with E-state index >= 15 is 0 Å². The fourth-order valence-electron chi connectivity index (χ4n) is 3.45. The van der Waals surface area contributed by atoms with Gasteiger partial charge in [-0.15, -0.1) is 0 Å². The second-order valence-corrected chi connectivity index (χ2v) is 6.53. The first kappa shape index (κ1) is 15.0. The van der Waals surface area contributed by atoms with Gasteiger partial charge in [0.05, 0.1) is 0 Å². The van der Waals surface area contributed by atoms with Crippen LogP contribution in [0.1, 0.15) is 79.1 Å². The zero-order valence-electron chi connectivity index (χ0n) is 12.5. The largest absolute Gasteiger partial charge is 0.311 e. The third-order valence-electron chi connectivity index (χ3n) is 4.19. The molecular formula is C16H33N. The molecule has 1 fully saturated rings. The summed E-state index contributed by atoms with van der Waals surface area (Å²) in [6.45, 7) is 9.48. The Morgan fingerprint density at radius 1 is 1.00 bits per heavy atom. The van der Waals surface area contributed by atoms with Gasteiger partial charge in [-0.1, -0.05) is 46.5 Å². The third kappa shape index (κ3) is 6.45. The Morgan fingerprint density at radius 3 is 2.24 bits per heavy atom. The van der Waals surface area contributed by atoms with Crippen molar-refractivity contribution in [2.75, 3.05) is 0 Å². The molecule has 0 heterocycles. The lowest BCUT2D eigenvalue weighted by molar-refractivity contribution is 0.225. The highest BCUT2D eigenvalue weighted by atomic mass is 14.9. The van der Waals surface area contributed by atoms with Crippen molar-refractivity contribution in [3.8, 4) is 0 Å². The van der Waals surface area contributed by atoms with Crippen LogP contribution in [0.15, 0.2) is 0 Å². The molecule has 0 bridgehead atoms. The van der Waals surface area contributed by atoms with Crippen LogP contribution in [0.2, 0.25) is 0 Å². The summed E-state index contributed by atoms with van der Waals surface area (Å²) in [6.07, 6.45) is 11.2. The SMILES string of the molecule is CCCCCCC(C)NC1CC(C)CC(C)C1. The van der Waals surface area contributed by atoms with Crippen LogP contribution in [0, 0.1) is 11.8 Å². The molecule has 0 spiro atoms. The summed E-state index contributed by atoms with van der Waals surface area (Å²) in [7, 11) is 0. The zero-order chi connectivity index (χ0) is 12.7. The van der Waals surface area contributed by atoms with Gasteiger partial charge >= 0.3 is 0 Å². The topological polar surface area (TPSA) is 12.0 Å². The molecule has 1 aliphatic rings. The zero-order valence-corrected chi connectivity index (χ0v) is 12.5. The molecule has 1 aliphatic carbocycles. The Balaban J connectivity index is 2.14. The standard InChI is InChI=1S/C16H33N/c1-5-6-7-8-9-15(4)17-16-11-13(2)10-14(3)12-16/h13-17H,5-12H2,1-4H3. The minimum Gasteiger partial charge on any atom is -0.311 e. The lowest BCUT2D eigenvalue weighted by atomic mass is 9.80. The van der Waals surface area contributed by atoms with Gasteiger partial charge in [-0.05, 0) is 44.4 Å². The van der Waals surface area contributed by atoms with Gasteiger partial charge in [-0.3, -0.25) is 0 Å². The van der Waals surface area contributed by atoms with Crippen molar-refractivity contribution >= 4 is 0 Å². The van der Waals surface area contributed by atoms with Crippen LogP contribution >= 0.6 is 0 Å². The van der Waals surface area contributed by atoms with Gasteiger partial charge in [0, 0.05) is 12.1 Å². The number of hydrogen-bond donors (Lipinski definition) is 1. The van der Waals surface area contributed by atoms with Crippen molar-refractivity contribution in [3.63, 3.8) is 0 Å². The molecule has 3 atom stereocenters. The van der Waals surface area contributed by atoms with E-state index in [0.29, 0.717) is 6.04 Å². The number of nitrogens with one attached hydrogen (secondary N) is 1. The molecule has 0 saturated heterocycles. The highest BCUT2D eigenvalue weighted by Gasteiger charge is 2.24. The van der Waals surface area contributed by atoms with Crippen molar-refractivity contribution in [1.82, 2.24) is 5.32 Å². The molecule has 1 saturated carbocycles. The molecule has 0 aliphatic heterocycles. The van der Waals surface area contributed by atoms with E-state index in [1.807, 2.05) is 0 Å². The predicted octanol–water partition coefficient (Wildman–Crippen LogP) is 4.76. The average molecular weight is 239 g/mol. The highest BCUT2D eigenvalue weighted by Crippen LogP contribution is 2.28. The van der Waals surface area contributed by atoms with Gasteiger partial charge in [0.15, 0.2) is 0 Å². The van der Waals surface area contributed by atoms with E-state index in [-0.39, 0.29) is 0 Å². The average Bonchev–Trinajstić information content (AvgIpc) is 2.23. The number of unbranched alkanes of at least 4 members (excludes halogenated alkanes) is 3. The van der Waals surface area contributed by atoms with Gasteiger partial charge < -0.3 is 5.32 Å². The van der Waals surface area contributed by atoms with Crippen molar-refractivity contribution in [1.29, 1.82) is 0 Å². The molecule has 17 heavy (non-hydrogen) atoms. The molecular weight excluding hydrogens is 206 g/mol. The Kier molecular flexibility index (Phi) is 7.18. The quantitative estimate of drug-likeness (QED) is 0.632. The normalized spacial score (nSPS) is 31.4. The van der Waals surface area contributed by atoms with E-state index in [2.05, 4.69) is 33.0 Å². The van der Waals surface area contributed by atoms with Gasteiger partial charge in [-0.2, -0.15) is 0 Å². The van der Waals surface area contributed by atoms with Gasteiger partial charge in [0.1, 0.15) is 0 Å². The Bertz CT molecular complexity index is 180. The second-order valence-electron chi connectivity index (χ2n) is 6.53. The lowest BCUT2D eigenvalue weighted by Gasteiger charge is -2.34. The van der Waals surface area contributed by atoms with Crippen molar-refractivity contribution in [2.24, 2.45) is 11.8 Å². The Labute approximate surface area is 109 Å². The third-order valence-corrected chi connectivity index (χ3v) is 4.19. The summed E-state index contributed by atoms with van der Waals surface area (Å²) >= 11 is 0. The van der Waals surface area contributed by atoms with Gasteiger partial charge in [0.2, 0.25) is 0 Å². The molecule has 1 heteroatoms. The second kappa shape index (κ2) is 8.13. The summed E-state index contributed by atoms with van der Waals surface area (Å²) in [4.78, 5) is 0. The smallest absolute Gasteiger partial charge is 0.00746 e. The minimum atomic E-state index is 0.717. The predicted molar refractivity (Wildman–Crippen MR) is 77.3 cm³/mol. The first-order chi connectivity index (χ1) is 8.11. The van der Waals surface area contributed by atoms with Crippen LogP contribution < -0.4 is 5.32 Å². The highest BCUT2D eigenvalue weighted by molar-refractivity contribution is 4.81. The van der Waals surface area contributed by atoms with Crippen LogP contribution in [0.25, 0.3) is 0 Å². The molecule has 1 nitrogen and oxygen atoms in total. The lowest BCUT2D eigenvalue weighted by Crippen LogP contribution is -2.41. The van der Waals surface area contributed by atoms with E-state index in [1.54, 1.807) is 0 Å². The minimum absolute atomic E-state index is 0.717. The molecule has 0 aromatic carbocycles. The van der Waals surface area contributed by atoms with Crippen LogP contribution in [0.3, 0.4) is 0 Å². The fraction of sp³-hybridized carbons (Fsp3) is 1.00. The van der Waals surface area contributed by atoms with E-state index in [4.69, 9.17) is 0 Å². The molecule has 0 radical (unpaired) electrons. The van der Waals surface area contributed by atoms with Crippen molar-refractivity contribution in [2.45, 2.75) is 91.1 Å². The monoisotopic (exact) mass is 239 g/mol. The Hall–Kier alpha value is -0.0400. The first-order valence-electron chi connectivity index (χ1n) is 7.87. The van der Waals surface area contributed by atoms with Crippen LogP contribution in [-0.2, 0) is 0 Å². The number of hydrogen-bond acceptors (Lipinski definition) is 1. The molecule has 3 unspecified atom stereocenters. The maximum Gasteiger partial charge on any atom is 0.00746 e. The van der Waals surface area contributed by atoms with Crippen LogP contribution in [-0.4, -0.2) is 12.1 Å². The molecule has 1 N–H and O–H groups in total. The summed E-state index contributed by atoms with van der Waals surface area (Å²) in [5.41, 5.74) is 0. The summed E-state index contributed by atoms with van der Waals surface area (Å²) in [5, 5.41) is 3.86. The van der Waals surface area contributed by atoms with E-state index < -0.39 is 0 Å². The van der Waals surface area contributed by atoms with Gasteiger partial charge in [-0.25, -0.2) is 0 Å². The number of rotatable bonds is 7. The van der Waals surface area contributed by atoms with E-state index in [1.165, 1.54) is 51.4 Å². The van der Waals surface area contributed by atoms with Crippen LogP contribution in [0.4, 0.5) is 0 Å². The van der Waals surface area contributed by atoms with E-state index in [9.17, 15) is 0 Å². The maximum absolute atomic E-state index is 3.86. The van der Waals surface area contributed by atoms with Crippen LogP contribution in [0.5, 0.6) is 0 Å². The first-order valence-corrected chi connectivity index (χ1v) is 7.87. The Morgan fingerprint density at radius 2 is 1.65 bits per heavy atom. The summed E-state index contributed by atoms with van der Waals surface area (Å²) in [5.74, 6) is 1.84. The fourth-order valence-corrected chi connectivity index (χ4v) is 3.45. The summed E-state index contributed by atoms with van der Waals surface area (Å²) < 4.78 is 0. The molecule has 102 valence electrons. The molecule has 0 amide bonds. The maximum atomic E-state index is 3.86. The van der Waals surface area contributed by atoms with Crippen molar-refractivity contribution in [3.05, 3.63) is 0 Å². The van der Waals surface area contributed by atoms with Crippen molar-refractivity contribution < 1.29 is 0 Å². The molecule has 1 rings (SSSR count). The van der Waals surface area contributed by atoms with E-state index in [0.717, 1.165) is 17.9 Å². The molecule has 0 aromatic heterocycles. The van der Waals surface area contributed by atoms with Gasteiger partial charge in [0.25, 0.3) is 0 Å².